The third kappa shape index (κ3) is 4.95. The van der Waals surface area contributed by atoms with Gasteiger partial charge in [-0.3, -0.25) is 4.79 Å². The number of carboxylic acids is 1. The van der Waals surface area contributed by atoms with E-state index in [2.05, 4.69) is 45.2 Å². The van der Waals surface area contributed by atoms with Gasteiger partial charge >= 0.3 is 5.97 Å². The van der Waals surface area contributed by atoms with E-state index in [1.807, 2.05) is 36.4 Å². The van der Waals surface area contributed by atoms with Gasteiger partial charge in [-0.2, -0.15) is 0 Å². The van der Waals surface area contributed by atoms with E-state index in [1.165, 1.54) is 0 Å². The second-order valence-corrected chi connectivity index (χ2v) is 7.12. The molecule has 122 valence electrons. The fraction of sp³-hybridized carbons (Fsp3) is 0.188. The van der Waals surface area contributed by atoms with Crippen LogP contribution in [-0.2, 0) is 4.79 Å². The van der Waals surface area contributed by atoms with Gasteiger partial charge in [0, 0.05) is 6.04 Å². The van der Waals surface area contributed by atoms with Crippen molar-refractivity contribution in [2.45, 2.75) is 12.5 Å². The number of ether oxygens (including phenoxy) is 2. The van der Waals surface area contributed by atoms with Crippen LogP contribution in [0, 0.1) is 7.14 Å². The van der Waals surface area contributed by atoms with Crippen LogP contribution in [0.4, 0.5) is 0 Å². The maximum absolute atomic E-state index is 10.8. The van der Waals surface area contributed by atoms with Crippen LogP contribution < -0.4 is 15.2 Å². The summed E-state index contributed by atoms with van der Waals surface area (Å²) in [5, 5.41) is 8.86. The summed E-state index contributed by atoms with van der Waals surface area (Å²) in [7, 11) is 1.61. The van der Waals surface area contributed by atoms with E-state index in [1.54, 1.807) is 7.11 Å². The number of benzene rings is 2. The van der Waals surface area contributed by atoms with Crippen LogP contribution in [0.3, 0.4) is 0 Å². The Balaban J connectivity index is 2.24. The first-order valence-electron chi connectivity index (χ1n) is 6.69. The predicted octanol–water partition coefficient (Wildman–Crippen LogP) is 4.17. The second kappa shape index (κ2) is 8.15. The van der Waals surface area contributed by atoms with E-state index in [4.69, 9.17) is 20.3 Å². The van der Waals surface area contributed by atoms with Crippen molar-refractivity contribution in [3.8, 4) is 17.2 Å². The lowest BCUT2D eigenvalue weighted by Crippen LogP contribution is -2.15. The summed E-state index contributed by atoms with van der Waals surface area (Å²) in [5.74, 6) is 1.27. The van der Waals surface area contributed by atoms with E-state index in [0.717, 1.165) is 24.2 Å². The van der Waals surface area contributed by atoms with Gasteiger partial charge in [-0.25, -0.2) is 0 Å². The predicted molar refractivity (Wildman–Crippen MR) is 104 cm³/mol. The van der Waals surface area contributed by atoms with Gasteiger partial charge in [-0.15, -0.1) is 0 Å². The van der Waals surface area contributed by atoms with Crippen molar-refractivity contribution in [1.82, 2.24) is 0 Å². The van der Waals surface area contributed by atoms with Crippen molar-refractivity contribution < 1.29 is 19.4 Å². The Bertz CT molecular complexity index is 681. The third-order valence-electron chi connectivity index (χ3n) is 3.12. The van der Waals surface area contributed by atoms with Crippen LogP contribution in [0.15, 0.2) is 36.4 Å². The molecule has 2 aromatic rings. The Morgan fingerprint density at radius 3 is 2.17 bits per heavy atom. The molecule has 0 fully saturated rings. The highest BCUT2D eigenvalue weighted by Gasteiger charge is 2.16. The molecule has 0 heterocycles. The molecule has 3 N–H and O–H groups in total. The number of halogens is 2. The number of rotatable bonds is 6. The smallest absolute Gasteiger partial charge is 0.305 e. The van der Waals surface area contributed by atoms with Crippen LogP contribution >= 0.6 is 45.2 Å². The van der Waals surface area contributed by atoms with E-state index in [0.29, 0.717) is 5.75 Å². The highest BCUT2D eigenvalue weighted by molar-refractivity contribution is 14.1. The topological polar surface area (TPSA) is 81.8 Å². The molecule has 0 bridgehead atoms. The molecule has 0 spiro atoms. The Morgan fingerprint density at radius 1 is 1.17 bits per heavy atom. The van der Waals surface area contributed by atoms with Crippen molar-refractivity contribution in [3.05, 3.63) is 49.1 Å². The highest BCUT2D eigenvalue weighted by atomic mass is 127. The summed E-state index contributed by atoms with van der Waals surface area (Å²) < 4.78 is 12.8. The largest absolute Gasteiger partial charge is 0.497 e. The number of carbonyl (C=O) groups is 1. The van der Waals surface area contributed by atoms with Gasteiger partial charge in [0.15, 0.2) is 5.75 Å². The molecule has 0 aromatic heterocycles. The first-order valence-corrected chi connectivity index (χ1v) is 8.84. The minimum absolute atomic E-state index is 0.106. The summed E-state index contributed by atoms with van der Waals surface area (Å²) >= 11 is 4.32. The summed E-state index contributed by atoms with van der Waals surface area (Å²) in [5.41, 5.74) is 6.71. The number of methoxy groups -OCH3 is 1. The fourth-order valence-electron chi connectivity index (χ4n) is 1.96. The van der Waals surface area contributed by atoms with Crippen molar-refractivity contribution in [1.29, 1.82) is 0 Å². The van der Waals surface area contributed by atoms with Gasteiger partial charge in [-0.1, -0.05) is 0 Å². The number of hydrogen-bond acceptors (Lipinski definition) is 4. The van der Waals surface area contributed by atoms with Crippen LogP contribution in [0.5, 0.6) is 17.2 Å². The molecule has 0 aliphatic rings. The Hall–Kier alpha value is -1.07. The molecule has 0 saturated heterocycles. The van der Waals surface area contributed by atoms with Gasteiger partial charge in [0.2, 0.25) is 0 Å². The molecule has 7 heteroatoms. The zero-order valence-corrected chi connectivity index (χ0v) is 16.6. The average Bonchev–Trinajstić information content (AvgIpc) is 2.50. The maximum atomic E-state index is 10.8. The summed E-state index contributed by atoms with van der Waals surface area (Å²) in [6.07, 6.45) is -0.106. The lowest BCUT2D eigenvalue weighted by molar-refractivity contribution is -0.137. The minimum Gasteiger partial charge on any atom is -0.497 e. The van der Waals surface area contributed by atoms with Crippen LogP contribution in [0.25, 0.3) is 0 Å². The Morgan fingerprint density at radius 2 is 1.70 bits per heavy atom. The van der Waals surface area contributed by atoms with Crippen molar-refractivity contribution in [3.63, 3.8) is 0 Å². The lowest BCUT2D eigenvalue weighted by atomic mass is 10.0. The Kier molecular flexibility index (Phi) is 6.48. The van der Waals surface area contributed by atoms with E-state index in [-0.39, 0.29) is 6.42 Å². The average molecular weight is 539 g/mol. The molecule has 1 unspecified atom stereocenters. The molecule has 0 saturated carbocycles. The second-order valence-electron chi connectivity index (χ2n) is 4.80. The molecule has 2 aromatic carbocycles. The molecular formula is C16H15I2NO4. The fourth-order valence-corrected chi connectivity index (χ4v) is 4.00. The van der Waals surface area contributed by atoms with Gasteiger partial charge in [-0.05, 0) is 87.1 Å². The van der Waals surface area contributed by atoms with Crippen LogP contribution in [0.1, 0.15) is 18.0 Å². The maximum Gasteiger partial charge on any atom is 0.305 e. The molecule has 0 radical (unpaired) electrons. The number of carboxylic acid groups (broad SMARTS) is 1. The lowest BCUT2D eigenvalue weighted by Gasteiger charge is -2.15. The zero-order chi connectivity index (χ0) is 17.0. The summed E-state index contributed by atoms with van der Waals surface area (Å²) in [4.78, 5) is 10.8. The Labute approximate surface area is 161 Å². The van der Waals surface area contributed by atoms with E-state index < -0.39 is 12.0 Å². The minimum atomic E-state index is -0.916. The van der Waals surface area contributed by atoms with E-state index in [9.17, 15) is 4.79 Å². The molecule has 0 aliphatic heterocycles. The molecule has 0 amide bonds. The van der Waals surface area contributed by atoms with Crippen molar-refractivity contribution >= 4 is 51.2 Å². The number of nitrogens with two attached hydrogens (primary N) is 1. The van der Waals surface area contributed by atoms with Crippen LogP contribution in [0.2, 0.25) is 0 Å². The van der Waals surface area contributed by atoms with Crippen molar-refractivity contribution in [2.24, 2.45) is 5.73 Å². The summed E-state index contributed by atoms with van der Waals surface area (Å²) in [6.45, 7) is 0. The number of aliphatic carboxylic acids is 1. The zero-order valence-electron chi connectivity index (χ0n) is 12.3. The van der Waals surface area contributed by atoms with Gasteiger partial charge in [0.25, 0.3) is 0 Å². The SMILES string of the molecule is COc1ccc(Oc2c(I)cc(C(N)CC(=O)O)cc2I)cc1. The first-order chi connectivity index (χ1) is 10.9. The van der Waals surface area contributed by atoms with Gasteiger partial charge in [0.1, 0.15) is 11.5 Å². The molecule has 0 aliphatic carbocycles. The van der Waals surface area contributed by atoms with Crippen LogP contribution in [-0.4, -0.2) is 18.2 Å². The molecular weight excluding hydrogens is 524 g/mol. The standard InChI is InChI=1S/C16H15I2NO4/c1-22-10-2-4-11(5-3-10)23-16-12(17)6-9(7-13(16)18)14(19)8-15(20)21/h2-7,14H,8,19H2,1H3,(H,20,21). The highest BCUT2D eigenvalue weighted by Crippen LogP contribution is 2.34. The molecule has 1 atom stereocenters. The molecule has 23 heavy (non-hydrogen) atoms. The van der Waals surface area contributed by atoms with Gasteiger partial charge in [0.05, 0.1) is 20.7 Å². The number of hydrogen-bond donors (Lipinski definition) is 2. The van der Waals surface area contributed by atoms with Crippen molar-refractivity contribution in [2.75, 3.05) is 7.11 Å². The quantitative estimate of drug-likeness (QED) is 0.539. The monoisotopic (exact) mass is 539 g/mol. The first kappa shape index (κ1) is 18.3. The van der Waals surface area contributed by atoms with Gasteiger partial charge < -0.3 is 20.3 Å². The normalized spacial score (nSPS) is 11.8. The molecule has 2 rings (SSSR count). The summed E-state index contributed by atoms with van der Waals surface area (Å²) in [6, 6.07) is 10.5. The van der Waals surface area contributed by atoms with E-state index >= 15 is 0 Å². The molecule has 5 nitrogen and oxygen atoms in total. The third-order valence-corrected chi connectivity index (χ3v) is 4.73.